The van der Waals surface area contributed by atoms with E-state index in [0.29, 0.717) is 16.6 Å². The average Bonchev–Trinajstić information content (AvgIpc) is 2.78. The number of para-hydroxylation sites is 1. The number of ether oxygens (including phenoxy) is 3. The van der Waals surface area contributed by atoms with Gasteiger partial charge in [-0.05, 0) is 86.5 Å². The Balaban J connectivity index is 1.59. The van der Waals surface area contributed by atoms with Crippen molar-refractivity contribution in [3.8, 4) is 23.0 Å². The first kappa shape index (κ1) is 23.1. The van der Waals surface area contributed by atoms with Crippen molar-refractivity contribution in [2.24, 2.45) is 5.10 Å². The van der Waals surface area contributed by atoms with Crippen molar-refractivity contribution in [1.29, 1.82) is 0 Å². The van der Waals surface area contributed by atoms with Crippen molar-refractivity contribution < 1.29 is 14.2 Å². The smallest absolute Gasteiger partial charge is 0.191 e. The van der Waals surface area contributed by atoms with Crippen LogP contribution in [0.5, 0.6) is 23.0 Å². The van der Waals surface area contributed by atoms with E-state index in [9.17, 15) is 0 Å². The van der Waals surface area contributed by atoms with Gasteiger partial charge in [0.15, 0.2) is 16.6 Å². The fourth-order valence-corrected chi connectivity index (χ4v) is 3.74. The van der Waals surface area contributed by atoms with Gasteiger partial charge >= 0.3 is 0 Å². The van der Waals surface area contributed by atoms with Crippen LogP contribution in [0, 0.1) is 0 Å². The number of halogens is 2. The van der Waals surface area contributed by atoms with Crippen LogP contribution in [0.1, 0.15) is 5.56 Å². The van der Waals surface area contributed by atoms with Crippen LogP contribution in [-0.4, -0.2) is 25.5 Å². The standard InChI is InChI=1S/C22H19Br2N3O3S/c1-28-18-12-14(19(23)20(24)21(18)29-2)13-25-27-22(31)26-15-8-10-17(11-9-15)30-16-6-4-3-5-7-16/h3-13H,1-2H3,(H2,26,27,31)/b25-13+. The molecule has 3 aromatic carbocycles. The molecule has 9 heteroatoms. The molecule has 160 valence electrons. The SMILES string of the molecule is COc1cc(/C=N/NC(=S)Nc2ccc(Oc3ccccc3)cc2)c(Br)c(Br)c1OC. The molecule has 0 fully saturated rings. The summed E-state index contributed by atoms with van der Waals surface area (Å²) in [7, 11) is 3.15. The molecular weight excluding hydrogens is 546 g/mol. The molecule has 0 saturated carbocycles. The summed E-state index contributed by atoms with van der Waals surface area (Å²) in [4.78, 5) is 0. The largest absolute Gasteiger partial charge is 0.493 e. The Bertz CT molecular complexity index is 1080. The maximum absolute atomic E-state index is 5.78. The van der Waals surface area contributed by atoms with E-state index in [4.69, 9.17) is 26.4 Å². The molecule has 0 aromatic heterocycles. The highest BCUT2D eigenvalue weighted by Gasteiger charge is 2.15. The zero-order valence-electron chi connectivity index (χ0n) is 16.7. The Labute approximate surface area is 202 Å². The zero-order valence-corrected chi connectivity index (χ0v) is 20.7. The molecule has 6 nitrogen and oxygen atoms in total. The number of hydrogen-bond acceptors (Lipinski definition) is 5. The quantitative estimate of drug-likeness (QED) is 0.198. The molecule has 0 saturated heterocycles. The summed E-state index contributed by atoms with van der Waals surface area (Å²) in [5.74, 6) is 2.69. The average molecular weight is 565 g/mol. The van der Waals surface area contributed by atoms with Crippen molar-refractivity contribution >= 4 is 61.1 Å². The van der Waals surface area contributed by atoms with Crippen molar-refractivity contribution in [3.05, 3.63) is 75.2 Å². The molecular formula is C22H19Br2N3O3S. The van der Waals surface area contributed by atoms with Crippen LogP contribution in [0.3, 0.4) is 0 Å². The summed E-state index contributed by atoms with van der Waals surface area (Å²) >= 11 is 12.3. The number of methoxy groups -OCH3 is 2. The number of thiocarbonyl (C=S) groups is 1. The van der Waals surface area contributed by atoms with E-state index in [1.54, 1.807) is 26.5 Å². The van der Waals surface area contributed by atoms with Crippen molar-refractivity contribution in [1.82, 2.24) is 5.43 Å². The normalized spacial score (nSPS) is 10.6. The third-order valence-electron chi connectivity index (χ3n) is 4.04. The molecule has 0 heterocycles. The van der Waals surface area contributed by atoms with Gasteiger partial charge in [0, 0.05) is 15.7 Å². The Kier molecular flexibility index (Phi) is 8.27. The van der Waals surface area contributed by atoms with Gasteiger partial charge in [-0.1, -0.05) is 18.2 Å². The fourth-order valence-electron chi connectivity index (χ4n) is 2.59. The topological polar surface area (TPSA) is 64.1 Å². The van der Waals surface area contributed by atoms with Gasteiger partial charge in [0.25, 0.3) is 0 Å². The number of nitrogens with zero attached hydrogens (tertiary/aromatic N) is 1. The molecule has 0 aliphatic heterocycles. The van der Waals surface area contributed by atoms with Crippen molar-refractivity contribution in [3.63, 3.8) is 0 Å². The number of anilines is 1. The van der Waals surface area contributed by atoms with Gasteiger partial charge in [-0.25, -0.2) is 0 Å². The minimum absolute atomic E-state index is 0.351. The molecule has 0 radical (unpaired) electrons. The van der Waals surface area contributed by atoms with E-state index in [-0.39, 0.29) is 0 Å². The van der Waals surface area contributed by atoms with E-state index in [0.717, 1.165) is 31.7 Å². The minimum atomic E-state index is 0.351. The lowest BCUT2D eigenvalue weighted by Gasteiger charge is -2.13. The van der Waals surface area contributed by atoms with Crippen molar-refractivity contribution in [2.75, 3.05) is 19.5 Å². The summed E-state index contributed by atoms with van der Waals surface area (Å²) in [6.45, 7) is 0. The van der Waals surface area contributed by atoms with Crippen LogP contribution < -0.4 is 25.0 Å². The molecule has 0 aliphatic carbocycles. The van der Waals surface area contributed by atoms with Crippen molar-refractivity contribution in [2.45, 2.75) is 0 Å². The maximum atomic E-state index is 5.78. The van der Waals surface area contributed by atoms with Gasteiger partial charge in [0.1, 0.15) is 11.5 Å². The van der Waals surface area contributed by atoms with E-state index in [2.05, 4.69) is 47.7 Å². The highest BCUT2D eigenvalue weighted by atomic mass is 79.9. The van der Waals surface area contributed by atoms with Gasteiger partial charge < -0.3 is 19.5 Å². The Morgan fingerprint density at radius 2 is 1.61 bits per heavy atom. The molecule has 3 rings (SSSR count). The lowest BCUT2D eigenvalue weighted by atomic mass is 10.2. The predicted octanol–water partition coefficient (Wildman–Crippen LogP) is 6.34. The zero-order chi connectivity index (χ0) is 22.2. The second-order valence-corrected chi connectivity index (χ2v) is 8.09. The van der Waals surface area contributed by atoms with E-state index >= 15 is 0 Å². The fraction of sp³-hybridized carbons (Fsp3) is 0.0909. The second-order valence-electron chi connectivity index (χ2n) is 6.09. The Hall–Kier alpha value is -2.62. The van der Waals surface area contributed by atoms with Gasteiger partial charge in [0.2, 0.25) is 0 Å². The third-order valence-corrected chi connectivity index (χ3v) is 6.38. The lowest BCUT2D eigenvalue weighted by molar-refractivity contribution is 0.353. The maximum Gasteiger partial charge on any atom is 0.191 e. The molecule has 31 heavy (non-hydrogen) atoms. The van der Waals surface area contributed by atoms with Crippen LogP contribution in [0.25, 0.3) is 0 Å². The predicted molar refractivity (Wildman–Crippen MR) is 135 cm³/mol. The number of rotatable bonds is 7. The van der Waals surface area contributed by atoms with Gasteiger partial charge in [0.05, 0.1) is 24.9 Å². The molecule has 0 amide bonds. The van der Waals surface area contributed by atoms with Crippen LogP contribution in [0.4, 0.5) is 5.69 Å². The highest BCUT2D eigenvalue weighted by Crippen LogP contribution is 2.41. The number of nitrogens with one attached hydrogen (secondary N) is 2. The molecule has 0 aliphatic rings. The monoisotopic (exact) mass is 563 g/mol. The number of hydrogen-bond donors (Lipinski definition) is 2. The Morgan fingerprint density at radius 1 is 0.935 bits per heavy atom. The summed E-state index contributed by atoms with van der Waals surface area (Å²) in [6, 6.07) is 18.9. The third kappa shape index (κ3) is 6.19. The lowest BCUT2D eigenvalue weighted by Crippen LogP contribution is -2.23. The molecule has 0 bridgehead atoms. The first-order chi connectivity index (χ1) is 15.0. The molecule has 3 aromatic rings. The minimum Gasteiger partial charge on any atom is -0.493 e. The van der Waals surface area contributed by atoms with Crippen LogP contribution in [0.2, 0.25) is 0 Å². The molecule has 0 atom stereocenters. The second kappa shape index (κ2) is 11.1. The highest BCUT2D eigenvalue weighted by molar-refractivity contribution is 9.13. The van der Waals surface area contributed by atoms with E-state index in [1.807, 2.05) is 54.6 Å². The van der Waals surface area contributed by atoms with E-state index in [1.165, 1.54) is 0 Å². The summed E-state index contributed by atoms with van der Waals surface area (Å²) < 4.78 is 18.0. The van der Waals surface area contributed by atoms with E-state index < -0.39 is 0 Å². The first-order valence-corrected chi connectivity index (χ1v) is 11.0. The molecule has 0 spiro atoms. The Morgan fingerprint density at radius 3 is 2.26 bits per heavy atom. The molecule has 0 unspecified atom stereocenters. The van der Waals surface area contributed by atoms with Crippen LogP contribution in [0.15, 0.2) is 74.7 Å². The van der Waals surface area contributed by atoms with Gasteiger partial charge in [-0.15, -0.1) is 0 Å². The number of hydrazone groups is 1. The van der Waals surface area contributed by atoms with Crippen LogP contribution in [-0.2, 0) is 0 Å². The summed E-state index contributed by atoms with van der Waals surface area (Å²) in [5, 5.41) is 7.62. The first-order valence-electron chi connectivity index (χ1n) is 9.04. The molecule has 2 N–H and O–H groups in total. The van der Waals surface area contributed by atoms with Crippen LogP contribution >= 0.6 is 44.1 Å². The number of benzene rings is 3. The summed E-state index contributed by atoms with van der Waals surface area (Å²) in [6.07, 6.45) is 1.63. The van der Waals surface area contributed by atoms with Gasteiger partial charge in [-0.3, -0.25) is 5.43 Å². The van der Waals surface area contributed by atoms with Gasteiger partial charge in [-0.2, -0.15) is 5.10 Å². The summed E-state index contributed by atoms with van der Waals surface area (Å²) in [5.41, 5.74) is 4.39.